The summed E-state index contributed by atoms with van der Waals surface area (Å²) in [6.07, 6.45) is 0.162. The highest BCUT2D eigenvalue weighted by Gasteiger charge is 2.16. The molecule has 19 heavy (non-hydrogen) atoms. The number of nitrogens with one attached hydrogen (secondary N) is 2. The first-order valence-corrected chi connectivity index (χ1v) is 6.15. The molecule has 104 valence electrons. The van der Waals surface area contributed by atoms with Crippen LogP contribution in [0.25, 0.3) is 0 Å². The van der Waals surface area contributed by atoms with Crippen molar-refractivity contribution in [1.29, 1.82) is 0 Å². The summed E-state index contributed by atoms with van der Waals surface area (Å²) < 4.78 is 5.32. The molecule has 0 radical (unpaired) electrons. The van der Waals surface area contributed by atoms with Crippen LogP contribution >= 0.6 is 0 Å². The summed E-state index contributed by atoms with van der Waals surface area (Å²) in [5, 5.41) is 5.19. The Bertz CT molecular complexity index is 431. The van der Waals surface area contributed by atoms with E-state index < -0.39 is 12.1 Å². The van der Waals surface area contributed by atoms with Gasteiger partial charge < -0.3 is 21.1 Å². The van der Waals surface area contributed by atoms with E-state index in [9.17, 15) is 9.59 Å². The van der Waals surface area contributed by atoms with Crippen LogP contribution in [0.5, 0.6) is 0 Å². The average molecular weight is 265 g/mol. The fraction of sp³-hybridized carbons (Fsp3) is 0.385. The van der Waals surface area contributed by atoms with Gasteiger partial charge >= 0.3 is 6.03 Å². The maximum atomic E-state index is 11.9. The molecule has 0 aliphatic heterocycles. The van der Waals surface area contributed by atoms with E-state index in [0.717, 1.165) is 0 Å². The van der Waals surface area contributed by atoms with Gasteiger partial charge in [-0.2, -0.15) is 0 Å². The number of benzene rings is 1. The molecular weight excluding hydrogens is 246 g/mol. The van der Waals surface area contributed by atoms with Crippen molar-refractivity contribution in [2.24, 2.45) is 5.73 Å². The third kappa shape index (κ3) is 4.97. The summed E-state index contributed by atoms with van der Waals surface area (Å²) in [5.41, 5.74) is 6.21. The Labute approximate surface area is 112 Å². The lowest BCUT2D eigenvalue weighted by Gasteiger charge is -2.15. The Kier molecular flexibility index (Phi) is 5.81. The number of amides is 3. The number of carbonyl (C=O) groups is 2. The van der Waals surface area contributed by atoms with Crippen LogP contribution in [-0.4, -0.2) is 24.6 Å². The predicted molar refractivity (Wildman–Crippen MR) is 74.0 cm³/mol. The minimum absolute atomic E-state index is 0.181. The largest absolute Gasteiger partial charge is 0.369 e. The number of rotatable bonds is 6. The van der Waals surface area contributed by atoms with Gasteiger partial charge in [-0.1, -0.05) is 6.92 Å². The monoisotopic (exact) mass is 265 g/mol. The highest BCUT2D eigenvalue weighted by molar-refractivity contribution is 5.94. The zero-order valence-electron chi connectivity index (χ0n) is 11.1. The van der Waals surface area contributed by atoms with Crippen LogP contribution in [-0.2, 0) is 9.53 Å². The molecule has 0 spiro atoms. The highest BCUT2D eigenvalue weighted by Crippen LogP contribution is 2.14. The quantitative estimate of drug-likeness (QED) is 0.733. The molecule has 0 fully saturated rings. The molecule has 0 bridgehead atoms. The Hall–Kier alpha value is -2.08. The van der Waals surface area contributed by atoms with Gasteiger partial charge in [0.2, 0.25) is 0 Å². The Balaban J connectivity index is 2.61. The van der Waals surface area contributed by atoms with E-state index in [4.69, 9.17) is 10.5 Å². The molecule has 0 saturated heterocycles. The fourth-order valence-electron chi connectivity index (χ4n) is 1.58. The summed E-state index contributed by atoms with van der Waals surface area (Å²) in [7, 11) is 0. The van der Waals surface area contributed by atoms with Gasteiger partial charge in [0.05, 0.1) is 0 Å². The van der Waals surface area contributed by atoms with Crippen molar-refractivity contribution in [3.8, 4) is 0 Å². The number of hydrogen-bond donors (Lipinski definition) is 3. The molecule has 0 heterocycles. The maximum absolute atomic E-state index is 11.9. The van der Waals surface area contributed by atoms with Crippen molar-refractivity contribution in [2.75, 3.05) is 17.2 Å². The number of nitrogens with two attached hydrogens (primary N) is 1. The van der Waals surface area contributed by atoms with Gasteiger partial charge in [0, 0.05) is 18.0 Å². The van der Waals surface area contributed by atoms with Crippen molar-refractivity contribution in [3.63, 3.8) is 0 Å². The number of hydrogen-bond acceptors (Lipinski definition) is 3. The van der Waals surface area contributed by atoms with Gasteiger partial charge in [0.15, 0.2) is 0 Å². The maximum Gasteiger partial charge on any atom is 0.316 e. The summed E-state index contributed by atoms with van der Waals surface area (Å²) in [4.78, 5) is 22.5. The van der Waals surface area contributed by atoms with Crippen molar-refractivity contribution < 1.29 is 14.3 Å². The van der Waals surface area contributed by atoms with E-state index in [1.54, 1.807) is 24.3 Å². The normalized spacial score (nSPS) is 11.7. The second kappa shape index (κ2) is 7.38. The van der Waals surface area contributed by atoms with Gasteiger partial charge in [0.25, 0.3) is 5.91 Å². The SMILES string of the molecule is CCO[C@H](CC)C(=O)Nc1ccc(NC(N)=O)cc1. The van der Waals surface area contributed by atoms with E-state index in [0.29, 0.717) is 24.4 Å². The first-order valence-electron chi connectivity index (χ1n) is 6.15. The summed E-state index contributed by atoms with van der Waals surface area (Å²) >= 11 is 0. The van der Waals surface area contributed by atoms with Crippen LogP contribution in [0.1, 0.15) is 20.3 Å². The first-order chi connectivity index (χ1) is 9.06. The van der Waals surface area contributed by atoms with Crippen LogP contribution in [0.3, 0.4) is 0 Å². The number of ether oxygens (including phenoxy) is 1. The third-order valence-corrected chi connectivity index (χ3v) is 2.45. The molecule has 1 aromatic rings. The number of primary amides is 1. The molecule has 0 aliphatic carbocycles. The lowest BCUT2D eigenvalue weighted by atomic mass is 10.2. The standard InChI is InChI=1S/C13H19N3O3/c1-3-11(19-4-2)12(17)15-9-5-7-10(8-6-9)16-13(14)18/h5-8,11H,3-4H2,1-2H3,(H,15,17)(H3,14,16,18)/t11-/m1/s1. The van der Waals surface area contributed by atoms with Crippen LogP contribution in [0, 0.1) is 0 Å². The summed E-state index contributed by atoms with van der Waals surface area (Å²) in [6, 6.07) is 6.05. The van der Waals surface area contributed by atoms with E-state index in [1.165, 1.54) is 0 Å². The minimum atomic E-state index is -0.626. The molecule has 1 atom stereocenters. The van der Waals surface area contributed by atoms with Crippen LogP contribution in [0.4, 0.5) is 16.2 Å². The van der Waals surface area contributed by atoms with Crippen LogP contribution in [0.2, 0.25) is 0 Å². The molecule has 0 saturated carbocycles. The van der Waals surface area contributed by atoms with Crippen LogP contribution in [0.15, 0.2) is 24.3 Å². The lowest BCUT2D eigenvalue weighted by Crippen LogP contribution is -2.29. The lowest BCUT2D eigenvalue weighted by molar-refractivity contribution is -0.127. The van der Waals surface area contributed by atoms with E-state index in [1.807, 2.05) is 13.8 Å². The third-order valence-electron chi connectivity index (χ3n) is 2.45. The molecule has 3 amide bonds. The van der Waals surface area contributed by atoms with E-state index >= 15 is 0 Å². The molecule has 6 nitrogen and oxygen atoms in total. The van der Waals surface area contributed by atoms with Gasteiger partial charge in [-0.05, 0) is 37.6 Å². The second-order valence-electron chi connectivity index (χ2n) is 3.91. The zero-order chi connectivity index (χ0) is 14.3. The number of carbonyl (C=O) groups excluding carboxylic acids is 2. The highest BCUT2D eigenvalue weighted by atomic mass is 16.5. The Morgan fingerprint density at radius 2 is 1.68 bits per heavy atom. The second-order valence-corrected chi connectivity index (χ2v) is 3.91. The fourth-order valence-corrected chi connectivity index (χ4v) is 1.58. The first kappa shape index (κ1) is 15.0. The Morgan fingerprint density at radius 3 is 2.11 bits per heavy atom. The number of urea groups is 1. The van der Waals surface area contributed by atoms with Gasteiger partial charge in [-0.15, -0.1) is 0 Å². The average Bonchev–Trinajstić information content (AvgIpc) is 2.37. The minimum Gasteiger partial charge on any atom is -0.369 e. The number of anilines is 2. The molecule has 0 unspecified atom stereocenters. The summed E-state index contributed by atoms with van der Waals surface area (Å²) in [5.74, 6) is -0.181. The molecule has 4 N–H and O–H groups in total. The van der Waals surface area contributed by atoms with Crippen molar-refractivity contribution in [1.82, 2.24) is 0 Å². The Morgan fingerprint density at radius 1 is 1.16 bits per heavy atom. The molecule has 1 aromatic carbocycles. The summed E-state index contributed by atoms with van der Waals surface area (Å²) in [6.45, 7) is 4.23. The van der Waals surface area contributed by atoms with Crippen molar-refractivity contribution >= 4 is 23.3 Å². The van der Waals surface area contributed by atoms with Gasteiger partial charge in [-0.3, -0.25) is 4.79 Å². The van der Waals surface area contributed by atoms with Gasteiger partial charge in [-0.25, -0.2) is 4.79 Å². The van der Waals surface area contributed by atoms with E-state index in [-0.39, 0.29) is 5.91 Å². The van der Waals surface area contributed by atoms with E-state index in [2.05, 4.69) is 10.6 Å². The molecule has 6 heteroatoms. The predicted octanol–water partition coefficient (Wildman–Crippen LogP) is 1.93. The van der Waals surface area contributed by atoms with Gasteiger partial charge in [0.1, 0.15) is 6.10 Å². The molecular formula is C13H19N3O3. The topological polar surface area (TPSA) is 93.4 Å². The molecule has 0 aromatic heterocycles. The molecule has 1 rings (SSSR count). The van der Waals surface area contributed by atoms with Crippen molar-refractivity contribution in [3.05, 3.63) is 24.3 Å². The zero-order valence-corrected chi connectivity index (χ0v) is 11.1. The molecule has 0 aliphatic rings. The van der Waals surface area contributed by atoms with Crippen molar-refractivity contribution in [2.45, 2.75) is 26.4 Å². The van der Waals surface area contributed by atoms with Crippen LogP contribution < -0.4 is 16.4 Å². The smallest absolute Gasteiger partial charge is 0.316 e.